The molecule has 7 heteroatoms. The molecule has 6 nitrogen and oxygen atoms in total. The number of rotatable bonds is 5. The lowest BCUT2D eigenvalue weighted by Gasteiger charge is -2.16. The van der Waals surface area contributed by atoms with E-state index >= 15 is 0 Å². The molecule has 2 N–H and O–H groups in total. The molecule has 0 aliphatic carbocycles. The van der Waals surface area contributed by atoms with Crippen LogP contribution in [0.2, 0.25) is 0 Å². The first-order valence-electron chi connectivity index (χ1n) is 5.27. The monoisotopic (exact) mass is 270 g/mol. The SMILES string of the molecule is CN(Cc1ccsc1)C(=O)NC(=O)CCC(=O)O. The van der Waals surface area contributed by atoms with Crippen molar-refractivity contribution in [3.63, 3.8) is 0 Å². The lowest BCUT2D eigenvalue weighted by atomic mass is 10.3. The summed E-state index contributed by atoms with van der Waals surface area (Å²) in [4.78, 5) is 34.4. The minimum atomic E-state index is -1.07. The van der Waals surface area contributed by atoms with Gasteiger partial charge in [0.1, 0.15) is 0 Å². The van der Waals surface area contributed by atoms with Crippen molar-refractivity contribution >= 4 is 29.2 Å². The number of imide groups is 1. The first-order valence-corrected chi connectivity index (χ1v) is 6.21. The number of aliphatic carboxylic acids is 1. The quantitative estimate of drug-likeness (QED) is 0.843. The second kappa shape index (κ2) is 6.75. The van der Waals surface area contributed by atoms with E-state index < -0.39 is 17.9 Å². The molecule has 0 aliphatic heterocycles. The number of carbonyl (C=O) groups excluding carboxylic acids is 2. The van der Waals surface area contributed by atoms with E-state index in [1.54, 1.807) is 7.05 Å². The Hall–Kier alpha value is -1.89. The molecule has 3 amide bonds. The summed E-state index contributed by atoms with van der Waals surface area (Å²) in [6.07, 6.45) is -0.485. The summed E-state index contributed by atoms with van der Waals surface area (Å²) in [6, 6.07) is 1.36. The third kappa shape index (κ3) is 4.96. The second-order valence-corrected chi connectivity index (χ2v) is 4.51. The average Bonchev–Trinajstić information content (AvgIpc) is 2.79. The Morgan fingerprint density at radius 2 is 2.11 bits per heavy atom. The van der Waals surface area contributed by atoms with E-state index in [1.807, 2.05) is 16.8 Å². The van der Waals surface area contributed by atoms with Crippen LogP contribution >= 0.6 is 11.3 Å². The Bertz CT molecular complexity index is 430. The molecule has 0 aromatic carbocycles. The zero-order valence-electron chi connectivity index (χ0n) is 9.88. The van der Waals surface area contributed by atoms with Crippen molar-refractivity contribution in [2.75, 3.05) is 7.05 Å². The van der Waals surface area contributed by atoms with Gasteiger partial charge in [-0.05, 0) is 22.4 Å². The molecule has 0 saturated heterocycles. The summed E-state index contributed by atoms with van der Waals surface area (Å²) in [6.45, 7) is 0.404. The lowest BCUT2D eigenvalue weighted by molar-refractivity contribution is -0.138. The van der Waals surface area contributed by atoms with Gasteiger partial charge in [0, 0.05) is 20.0 Å². The largest absolute Gasteiger partial charge is 0.481 e. The maximum absolute atomic E-state index is 11.6. The molecule has 0 spiro atoms. The summed E-state index contributed by atoms with van der Waals surface area (Å²) >= 11 is 1.53. The van der Waals surface area contributed by atoms with Crippen molar-refractivity contribution in [2.45, 2.75) is 19.4 Å². The van der Waals surface area contributed by atoms with E-state index in [1.165, 1.54) is 16.2 Å². The van der Waals surface area contributed by atoms with Gasteiger partial charge < -0.3 is 10.0 Å². The van der Waals surface area contributed by atoms with Gasteiger partial charge in [0.05, 0.1) is 6.42 Å². The number of carbonyl (C=O) groups is 3. The highest BCUT2D eigenvalue weighted by atomic mass is 32.1. The molecule has 18 heavy (non-hydrogen) atoms. The Morgan fingerprint density at radius 3 is 2.67 bits per heavy atom. The lowest BCUT2D eigenvalue weighted by Crippen LogP contribution is -2.40. The van der Waals surface area contributed by atoms with Crippen LogP contribution in [0.5, 0.6) is 0 Å². The van der Waals surface area contributed by atoms with Crippen molar-refractivity contribution in [2.24, 2.45) is 0 Å². The van der Waals surface area contributed by atoms with Gasteiger partial charge in [0.25, 0.3) is 0 Å². The van der Waals surface area contributed by atoms with Gasteiger partial charge in [-0.2, -0.15) is 11.3 Å². The van der Waals surface area contributed by atoms with E-state index in [9.17, 15) is 14.4 Å². The highest BCUT2D eigenvalue weighted by molar-refractivity contribution is 7.07. The fourth-order valence-corrected chi connectivity index (χ4v) is 1.89. The van der Waals surface area contributed by atoms with Gasteiger partial charge in [0.15, 0.2) is 0 Å². The molecule has 1 heterocycles. The topological polar surface area (TPSA) is 86.7 Å². The number of thiophene rings is 1. The van der Waals surface area contributed by atoms with Crippen LogP contribution in [0.25, 0.3) is 0 Å². The Labute approximate surface area is 108 Å². The predicted octanol–water partition coefficient (Wildman–Crippen LogP) is 1.28. The minimum Gasteiger partial charge on any atom is -0.481 e. The minimum absolute atomic E-state index is 0.201. The van der Waals surface area contributed by atoms with E-state index in [0.29, 0.717) is 6.54 Å². The molecule has 1 rings (SSSR count). The molecule has 0 unspecified atom stereocenters. The highest BCUT2D eigenvalue weighted by Crippen LogP contribution is 2.08. The molecular formula is C11H14N2O4S. The number of nitrogens with zero attached hydrogens (tertiary/aromatic N) is 1. The molecular weight excluding hydrogens is 256 g/mol. The van der Waals surface area contributed by atoms with Gasteiger partial charge >= 0.3 is 12.0 Å². The first kappa shape index (κ1) is 14.2. The number of hydrogen-bond acceptors (Lipinski definition) is 4. The second-order valence-electron chi connectivity index (χ2n) is 3.73. The summed E-state index contributed by atoms with van der Waals surface area (Å²) < 4.78 is 0. The molecule has 0 atom stereocenters. The first-order chi connectivity index (χ1) is 8.49. The summed E-state index contributed by atoms with van der Waals surface area (Å²) in [5.41, 5.74) is 0.982. The zero-order valence-corrected chi connectivity index (χ0v) is 10.7. The molecule has 1 aromatic heterocycles. The number of hydrogen-bond donors (Lipinski definition) is 2. The molecule has 0 aliphatic rings. The van der Waals surface area contributed by atoms with Crippen molar-refractivity contribution in [3.05, 3.63) is 22.4 Å². The smallest absolute Gasteiger partial charge is 0.324 e. The van der Waals surface area contributed by atoms with Crippen molar-refractivity contribution in [1.29, 1.82) is 0 Å². The summed E-state index contributed by atoms with van der Waals surface area (Å²) in [5, 5.41) is 14.4. The van der Waals surface area contributed by atoms with E-state index in [0.717, 1.165) is 5.56 Å². The number of nitrogens with one attached hydrogen (secondary N) is 1. The molecule has 0 fully saturated rings. The Morgan fingerprint density at radius 1 is 1.39 bits per heavy atom. The number of urea groups is 1. The molecule has 98 valence electrons. The number of amides is 3. The average molecular weight is 270 g/mol. The third-order valence-electron chi connectivity index (χ3n) is 2.16. The molecule has 1 aromatic rings. The van der Waals surface area contributed by atoms with Crippen molar-refractivity contribution < 1.29 is 19.5 Å². The molecule has 0 bridgehead atoms. The standard InChI is InChI=1S/C11H14N2O4S/c1-13(6-8-4-5-18-7-8)11(17)12-9(14)2-3-10(15)16/h4-5,7H,2-3,6H2,1H3,(H,15,16)(H,12,14,17). The predicted molar refractivity (Wildman–Crippen MR) is 66.2 cm³/mol. The highest BCUT2D eigenvalue weighted by Gasteiger charge is 2.13. The van der Waals surface area contributed by atoms with Crippen LogP contribution in [0.15, 0.2) is 16.8 Å². The van der Waals surface area contributed by atoms with E-state index in [2.05, 4.69) is 5.32 Å². The zero-order chi connectivity index (χ0) is 13.5. The van der Waals surface area contributed by atoms with E-state index in [4.69, 9.17) is 5.11 Å². The van der Waals surface area contributed by atoms with Crippen LogP contribution in [-0.4, -0.2) is 35.0 Å². The van der Waals surface area contributed by atoms with Crippen LogP contribution in [0, 0.1) is 0 Å². The maximum Gasteiger partial charge on any atom is 0.324 e. The Kier molecular flexibility index (Phi) is 5.31. The third-order valence-corrected chi connectivity index (χ3v) is 2.89. The fourth-order valence-electron chi connectivity index (χ4n) is 1.23. The van der Waals surface area contributed by atoms with Crippen molar-refractivity contribution in [3.8, 4) is 0 Å². The number of carboxylic acid groups (broad SMARTS) is 1. The molecule has 0 saturated carbocycles. The van der Waals surface area contributed by atoms with E-state index in [-0.39, 0.29) is 12.8 Å². The van der Waals surface area contributed by atoms with Gasteiger partial charge in [-0.3, -0.25) is 14.9 Å². The van der Waals surface area contributed by atoms with Crippen molar-refractivity contribution in [1.82, 2.24) is 10.2 Å². The molecule has 0 radical (unpaired) electrons. The van der Waals surface area contributed by atoms with Crippen LogP contribution in [0.1, 0.15) is 18.4 Å². The Balaban J connectivity index is 2.35. The van der Waals surface area contributed by atoms with Gasteiger partial charge in [0.2, 0.25) is 5.91 Å². The summed E-state index contributed by atoms with van der Waals surface area (Å²) in [5.74, 6) is -1.65. The summed E-state index contributed by atoms with van der Waals surface area (Å²) in [7, 11) is 1.57. The number of carboxylic acids is 1. The van der Waals surface area contributed by atoms with Crippen LogP contribution < -0.4 is 5.32 Å². The van der Waals surface area contributed by atoms with Crippen LogP contribution in [0.4, 0.5) is 4.79 Å². The normalized spacial score (nSPS) is 9.83. The fraction of sp³-hybridized carbons (Fsp3) is 0.364. The maximum atomic E-state index is 11.6. The van der Waals surface area contributed by atoms with Gasteiger partial charge in [-0.15, -0.1) is 0 Å². The van der Waals surface area contributed by atoms with Crippen LogP contribution in [-0.2, 0) is 16.1 Å². The van der Waals surface area contributed by atoms with Gasteiger partial charge in [-0.25, -0.2) is 4.79 Å². The van der Waals surface area contributed by atoms with Gasteiger partial charge in [-0.1, -0.05) is 0 Å². The van der Waals surface area contributed by atoms with Crippen LogP contribution in [0.3, 0.4) is 0 Å².